The second-order valence-electron chi connectivity index (χ2n) is 4.23. The maximum atomic E-state index is 13.4. The Labute approximate surface area is 115 Å². The van der Waals surface area contributed by atoms with Crippen molar-refractivity contribution in [2.24, 2.45) is 0 Å². The summed E-state index contributed by atoms with van der Waals surface area (Å²) in [5, 5.41) is 7.09. The molecule has 0 aliphatic rings. The van der Waals surface area contributed by atoms with Gasteiger partial charge in [0, 0.05) is 11.8 Å². The molecule has 0 radical (unpaired) electrons. The van der Waals surface area contributed by atoms with Crippen molar-refractivity contribution in [3.05, 3.63) is 54.5 Å². The number of hydrogen-bond donors (Lipinski definition) is 1. The number of aromatic nitrogens is 3. The van der Waals surface area contributed by atoms with E-state index in [9.17, 15) is 4.39 Å². The second kappa shape index (κ2) is 5.13. The zero-order valence-electron chi connectivity index (χ0n) is 10.8. The smallest absolute Gasteiger partial charge is 0.128 e. The molecule has 0 amide bonds. The SMILES string of the molecule is COc1ccc(F)cc1-c1cc(-c2ccccn2)n[nH]1. The van der Waals surface area contributed by atoms with Crippen molar-refractivity contribution in [1.82, 2.24) is 15.2 Å². The van der Waals surface area contributed by atoms with Crippen molar-refractivity contribution in [3.63, 3.8) is 0 Å². The van der Waals surface area contributed by atoms with Gasteiger partial charge in [0.15, 0.2) is 0 Å². The van der Waals surface area contributed by atoms with Crippen LogP contribution in [0.15, 0.2) is 48.7 Å². The minimum absolute atomic E-state index is 0.324. The molecule has 0 unspecified atom stereocenters. The van der Waals surface area contributed by atoms with Crippen molar-refractivity contribution in [3.8, 4) is 28.4 Å². The molecule has 5 heteroatoms. The van der Waals surface area contributed by atoms with Crippen molar-refractivity contribution < 1.29 is 9.13 Å². The van der Waals surface area contributed by atoms with E-state index < -0.39 is 0 Å². The lowest BCUT2D eigenvalue weighted by Gasteiger charge is -2.05. The van der Waals surface area contributed by atoms with E-state index in [1.54, 1.807) is 19.4 Å². The minimum Gasteiger partial charge on any atom is -0.496 e. The van der Waals surface area contributed by atoms with Gasteiger partial charge in [-0.05, 0) is 36.4 Å². The van der Waals surface area contributed by atoms with E-state index in [0.29, 0.717) is 22.7 Å². The molecule has 3 rings (SSSR count). The van der Waals surface area contributed by atoms with E-state index in [2.05, 4.69) is 15.2 Å². The first-order valence-electron chi connectivity index (χ1n) is 6.08. The maximum Gasteiger partial charge on any atom is 0.128 e. The van der Waals surface area contributed by atoms with Gasteiger partial charge in [0.05, 0.1) is 18.5 Å². The Bertz CT molecular complexity index is 725. The predicted molar refractivity (Wildman–Crippen MR) is 73.8 cm³/mol. The van der Waals surface area contributed by atoms with Crippen LogP contribution < -0.4 is 4.74 Å². The van der Waals surface area contributed by atoms with Crippen molar-refractivity contribution in [2.45, 2.75) is 0 Å². The first-order valence-corrected chi connectivity index (χ1v) is 6.08. The average molecular weight is 269 g/mol. The fourth-order valence-electron chi connectivity index (χ4n) is 2.00. The van der Waals surface area contributed by atoms with Gasteiger partial charge < -0.3 is 4.74 Å². The van der Waals surface area contributed by atoms with Crippen LogP contribution >= 0.6 is 0 Å². The van der Waals surface area contributed by atoms with Gasteiger partial charge in [-0.25, -0.2) is 4.39 Å². The number of methoxy groups -OCH3 is 1. The molecular weight excluding hydrogens is 257 g/mol. The number of halogens is 1. The standard InChI is InChI=1S/C15H12FN3O/c1-20-15-6-5-10(16)8-11(15)13-9-14(19-18-13)12-4-2-3-7-17-12/h2-9H,1H3,(H,18,19). The van der Waals surface area contributed by atoms with Crippen LogP contribution in [-0.4, -0.2) is 22.3 Å². The van der Waals surface area contributed by atoms with E-state index in [1.807, 2.05) is 24.3 Å². The number of benzene rings is 1. The van der Waals surface area contributed by atoms with Crippen molar-refractivity contribution in [1.29, 1.82) is 0 Å². The number of ether oxygens (including phenoxy) is 1. The molecule has 0 aliphatic heterocycles. The van der Waals surface area contributed by atoms with Crippen LogP contribution in [0.1, 0.15) is 0 Å². The summed E-state index contributed by atoms with van der Waals surface area (Å²) in [6.07, 6.45) is 1.70. The predicted octanol–water partition coefficient (Wildman–Crippen LogP) is 3.29. The van der Waals surface area contributed by atoms with Crippen LogP contribution in [0.5, 0.6) is 5.75 Å². The quantitative estimate of drug-likeness (QED) is 0.793. The number of nitrogens with one attached hydrogen (secondary N) is 1. The number of hydrogen-bond acceptors (Lipinski definition) is 3. The topological polar surface area (TPSA) is 50.8 Å². The highest BCUT2D eigenvalue weighted by Gasteiger charge is 2.11. The summed E-state index contributed by atoms with van der Waals surface area (Å²) in [5.74, 6) is 0.261. The summed E-state index contributed by atoms with van der Waals surface area (Å²) in [7, 11) is 1.55. The number of rotatable bonds is 3. The molecule has 0 saturated carbocycles. The molecule has 20 heavy (non-hydrogen) atoms. The first kappa shape index (κ1) is 12.3. The molecule has 4 nitrogen and oxygen atoms in total. The lowest BCUT2D eigenvalue weighted by Crippen LogP contribution is -1.89. The third kappa shape index (κ3) is 2.25. The van der Waals surface area contributed by atoms with Gasteiger partial charge in [-0.3, -0.25) is 10.1 Å². The fraction of sp³-hybridized carbons (Fsp3) is 0.0667. The molecule has 2 heterocycles. The minimum atomic E-state index is -0.324. The summed E-state index contributed by atoms with van der Waals surface area (Å²) in [4.78, 5) is 4.23. The third-order valence-corrected chi connectivity index (χ3v) is 2.96. The third-order valence-electron chi connectivity index (χ3n) is 2.96. The van der Waals surface area contributed by atoms with Gasteiger partial charge in [0.2, 0.25) is 0 Å². The zero-order valence-corrected chi connectivity index (χ0v) is 10.8. The summed E-state index contributed by atoms with van der Waals surface area (Å²) in [6, 6.07) is 11.8. The van der Waals surface area contributed by atoms with Crippen LogP contribution in [0.2, 0.25) is 0 Å². The summed E-state index contributed by atoms with van der Waals surface area (Å²) < 4.78 is 18.6. The molecular formula is C15H12FN3O. The van der Waals surface area contributed by atoms with E-state index in [1.165, 1.54) is 12.1 Å². The van der Waals surface area contributed by atoms with Gasteiger partial charge in [-0.2, -0.15) is 5.10 Å². The Hall–Kier alpha value is -2.69. The molecule has 100 valence electrons. The first-order chi connectivity index (χ1) is 9.78. The van der Waals surface area contributed by atoms with Crippen molar-refractivity contribution >= 4 is 0 Å². The lowest BCUT2D eigenvalue weighted by molar-refractivity contribution is 0.415. The zero-order chi connectivity index (χ0) is 13.9. The maximum absolute atomic E-state index is 13.4. The van der Waals surface area contributed by atoms with Crippen LogP contribution in [-0.2, 0) is 0 Å². The van der Waals surface area contributed by atoms with Crippen LogP contribution in [0.3, 0.4) is 0 Å². The summed E-state index contributed by atoms with van der Waals surface area (Å²) in [5.41, 5.74) is 2.77. The number of aromatic amines is 1. The lowest BCUT2D eigenvalue weighted by atomic mass is 10.1. The monoisotopic (exact) mass is 269 g/mol. The van der Waals surface area contributed by atoms with Crippen molar-refractivity contribution in [2.75, 3.05) is 7.11 Å². The van der Waals surface area contributed by atoms with E-state index in [0.717, 1.165) is 5.69 Å². The molecule has 1 N–H and O–H groups in total. The Morgan fingerprint density at radius 3 is 2.75 bits per heavy atom. The number of pyridine rings is 1. The molecule has 3 aromatic rings. The van der Waals surface area contributed by atoms with E-state index in [4.69, 9.17) is 4.74 Å². The molecule has 0 bridgehead atoms. The van der Waals surface area contributed by atoms with Gasteiger partial charge in [0.25, 0.3) is 0 Å². The van der Waals surface area contributed by atoms with Gasteiger partial charge in [-0.15, -0.1) is 0 Å². The molecule has 0 saturated heterocycles. The average Bonchev–Trinajstić information content (AvgIpc) is 2.98. The van der Waals surface area contributed by atoms with Crippen LogP contribution in [0.25, 0.3) is 22.6 Å². The molecule has 1 aromatic carbocycles. The highest BCUT2D eigenvalue weighted by Crippen LogP contribution is 2.31. The highest BCUT2D eigenvalue weighted by atomic mass is 19.1. The van der Waals surface area contributed by atoms with Crippen LogP contribution in [0.4, 0.5) is 4.39 Å². The van der Waals surface area contributed by atoms with Gasteiger partial charge in [0.1, 0.15) is 17.3 Å². The van der Waals surface area contributed by atoms with Crippen LogP contribution in [0, 0.1) is 5.82 Å². The van der Waals surface area contributed by atoms with Gasteiger partial charge in [-0.1, -0.05) is 6.07 Å². The molecule has 2 aromatic heterocycles. The number of nitrogens with zero attached hydrogens (tertiary/aromatic N) is 2. The Balaban J connectivity index is 2.04. The normalized spacial score (nSPS) is 10.5. The summed E-state index contributed by atoms with van der Waals surface area (Å²) >= 11 is 0. The molecule has 0 aliphatic carbocycles. The largest absolute Gasteiger partial charge is 0.496 e. The summed E-state index contributed by atoms with van der Waals surface area (Å²) in [6.45, 7) is 0. The van der Waals surface area contributed by atoms with Gasteiger partial charge >= 0.3 is 0 Å². The Morgan fingerprint density at radius 1 is 1.10 bits per heavy atom. The molecule has 0 atom stereocenters. The molecule has 0 fully saturated rings. The second-order valence-corrected chi connectivity index (χ2v) is 4.23. The number of H-pyrrole nitrogens is 1. The molecule has 0 spiro atoms. The fourth-order valence-corrected chi connectivity index (χ4v) is 2.00. The van der Waals surface area contributed by atoms with E-state index >= 15 is 0 Å². The highest BCUT2D eigenvalue weighted by molar-refractivity contribution is 5.71. The Morgan fingerprint density at radius 2 is 2.00 bits per heavy atom. The van der Waals surface area contributed by atoms with E-state index in [-0.39, 0.29) is 5.82 Å². The Kier molecular flexibility index (Phi) is 3.16.